The first-order valence-electron chi connectivity index (χ1n) is 8.26. The molecule has 0 aliphatic carbocycles. The van der Waals surface area contributed by atoms with Crippen molar-refractivity contribution in [1.29, 1.82) is 0 Å². The number of hydrogen-bond acceptors (Lipinski definition) is 8. The van der Waals surface area contributed by atoms with Crippen LogP contribution in [-0.2, 0) is 32.0 Å². The average molecular weight is 404 g/mol. The molecule has 3 rings (SSSR count). The number of fused-ring (bicyclic) bond motifs is 1. The van der Waals surface area contributed by atoms with Crippen LogP contribution in [-0.4, -0.2) is 47.4 Å². The third-order valence-corrected chi connectivity index (χ3v) is 5.36. The van der Waals surface area contributed by atoms with Crippen molar-refractivity contribution in [2.75, 3.05) is 13.7 Å². The average Bonchev–Trinajstić information content (AvgIpc) is 3.21. The summed E-state index contributed by atoms with van der Waals surface area (Å²) in [5.41, 5.74) is 1.85. The highest BCUT2D eigenvalue weighted by Gasteiger charge is 2.35. The van der Waals surface area contributed by atoms with Gasteiger partial charge in [-0.15, -0.1) is 0 Å². The molecule has 1 aliphatic heterocycles. The first-order valence-corrected chi connectivity index (χ1v) is 9.07. The fourth-order valence-electron chi connectivity index (χ4n) is 2.95. The Labute approximate surface area is 163 Å². The minimum absolute atomic E-state index is 0.0213. The number of nitrogens with zero attached hydrogens (tertiary/aromatic N) is 2. The predicted molar refractivity (Wildman–Crippen MR) is 97.8 cm³/mol. The summed E-state index contributed by atoms with van der Waals surface area (Å²) in [6.07, 6.45) is 0.305. The molecule has 0 fully saturated rings. The quantitative estimate of drug-likeness (QED) is 0.425. The molecule has 2 aromatic rings. The summed E-state index contributed by atoms with van der Waals surface area (Å²) >= 11 is 0.663. The summed E-state index contributed by atoms with van der Waals surface area (Å²) in [7, 11) is 1.25. The van der Waals surface area contributed by atoms with Gasteiger partial charge < -0.3 is 14.4 Å². The van der Waals surface area contributed by atoms with Crippen LogP contribution in [0.1, 0.15) is 20.8 Å². The van der Waals surface area contributed by atoms with E-state index in [-0.39, 0.29) is 16.4 Å². The highest BCUT2D eigenvalue weighted by molar-refractivity contribution is 7.17. The van der Waals surface area contributed by atoms with Gasteiger partial charge in [-0.3, -0.25) is 14.9 Å². The molecule has 0 N–H and O–H groups in total. The summed E-state index contributed by atoms with van der Waals surface area (Å²) < 4.78 is 9.79. The van der Waals surface area contributed by atoms with Gasteiger partial charge in [0.2, 0.25) is 0 Å². The number of methoxy groups -OCH3 is 1. The van der Waals surface area contributed by atoms with Gasteiger partial charge in [0.15, 0.2) is 6.61 Å². The first-order chi connectivity index (χ1) is 13.4. The van der Waals surface area contributed by atoms with Crippen LogP contribution in [0.25, 0.3) is 0 Å². The van der Waals surface area contributed by atoms with E-state index in [9.17, 15) is 24.5 Å². The molecular formula is C18H16N2O7S. The summed E-state index contributed by atoms with van der Waals surface area (Å²) in [6.45, 7) is -0.392. The van der Waals surface area contributed by atoms with Crippen LogP contribution in [0.3, 0.4) is 0 Å². The lowest BCUT2D eigenvalue weighted by Gasteiger charge is -2.35. The maximum atomic E-state index is 12.6. The zero-order valence-electron chi connectivity index (χ0n) is 14.8. The second kappa shape index (κ2) is 8.17. The smallest absolute Gasteiger partial charge is 0.349 e. The molecule has 0 unspecified atom stereocenters. The molecule has 0 radical (unpaired) electrons. The fourth-order valence-corrected chi connectivity index (χ4v) is 3.66. The maximum absolute atomic E-state index is 12.6. The molecule has 1 aromatic carbocycles. The van der Waals surface area contributed by atoms with E-state index in [0.717, 1.165) is 11.1 Å². The second-order valence-corrected chi connectivity index (χ2v) is 7.07. The maximum Gasteiger partial charge on any atom is 0.349 e. The third-order valence-electron chi connectivity index (χ3n) is 4.34. The predicted octanol–water partition coefficient (Wildman–Crippen LogP) is 1.94. The lowest BCUT2D eigenvalue weighted by atomic mass is 9.94. The number of rotatable bonds is 5. The van der Waals surface area contributed by atoms with Crippen molar-refractivity contribution >= 4 is 34.2 Å². The standard InChI is InChI=1S/C18H16N2O7S/c1-26-17(22)13-8-11-4-2-3-5-12(11)9-19(13)15(21)10-27-18(23)14-6-7-16(28-14)20(24)25/h2-7,13H,8-10H2,1H3/t13-/m0/s1. The second-order valence-electron chi connectivity index (χ2n) is 6.00. The zero-order chi connectivity index (χ0) is 20.3. The van der Waals surface area contributed by atoms with Crippen molar-refractivity contribution in [3.05, 3.63) is 62.5 Å². The Balaban J connectivity index is 1.69. The molecule has 9 nitrogen and oxygen atoms in total. The van der Waals surface area contributed by atoms with E-state index in [1.807, 2.05) is 24.3 Å². The van der Waals surface area contributed by atoms with E-state index in [4.69, 9.17) is 9.47 Å². The Morgan fingerprint density at radius 3 is 2.57 bits per heavy atom. The number of carbonyl (C=O) groups excluding carboxylic acids is 3. The van der Waals surface area contributed by atoms with Gasteiger partial charge in [-0.05, 0) is 17.2 Å². The van der Waals surface area contributed by atoms with Crippen LogP contribution >= 0.6 is 11.3 Å². The molecule has 1 amide bonds. The number of amides is 1. The number of nitro groups is 1. The third kappa shape index (κ3) is 4.01. The van der Waals surface area contributed by atoms with Crippen LogP contribution in [0, 0.1) is 10.1 Å². The van der Waals surface area contributed by atoms with E-state index in [2.05, 4.69) is 0 Å². The van der Waals surface area contributed by atoms with Crippen LogP contribution in [0.15, 0.2) is 36.4 Å². The van der Waals surface area contributed by atoms with Crippen molar-refractivity contribution < 1.29 is 28.8 Å². The van der Waals surface area contributed by atoms with Crippen LogP contribution in [0.2, 0.25) is 0 Å². The molecule has 1 aromatic heterocycles. The number of esters is 2. The largest absolute Gasteiger partial charge is 0.467 e. The molecule has 146 valence electrons. The molecular weight excluding hydrogens is 388 g/mol. The summed E-state index contributed by atoms with van der Waals surface area (Å²) in [5.74, 6) is -1.94. The van der Waals surface area contributed by atoms with E-state index in [1.54, 1.807) is 0 Å². The highest BCUT2D eigenvalue weighted by atomic mass is 32.1. The van der Waals surface area contributed by atoms with Crippen molar-refractivity contribution in [1.82, 2.24) is 4.90 Å². The van der Waals surface area contributed by atoms with Gasteiger partial charge in [-0.2, -0.15) is 0 Å². The molecule has 10 heteroatoms. The molecule has 1 aliphatic rings. The zero-order valence-corrected chi connectivity index (χ0v) is 15.6. The van der Waals surface area contributed by atoms with E-state index in [0.29, 0.717) is 17.8 Å². The minimum atomic E-state index is -0.835. The summed E-state index contributed by atoms with van der Waals surface area (Å²) in [5, 5.41) is 10.5. The van der Waals surface area contributed by atoms with Crippen LogP contribution in [0.4, 0.5) is 5.00 Å². The number of hydrogen-bond donors (Lipinski definition) is 0. The van der Waals surface area contributed by atoms with Gasteiger partial charge >= 0.3 is 16.9 Å². The number of thiophene rings is 1. The molecule has 28 heavy (non-hydrogen) atoms. The molecule has 1 atom stereocenters. The van der Waals surface area contributed by atoms with E-state index in [1.165, 1.54) is 24.1 Å². The van der Waals surface area contributed by atoms with Gasteiger partial charge in [0.1, 0.15) is 10.9 Å². The monoisotopic (exact) mass is 404 g/mol. The lowest BCUT2D eigenvalue weighted by Crippen LogP contribution is -2.50. The van der Waals surface area contributed by atoms with Crippen molar-refractivity contribution in [2.24, 2.45) is 0 Å². The number of benzene rings is 1. The van der Waals surface area contributed by atoms with Gasteiger partial charge in [-0.25, -0.2) is 9.59 Å². The normalized spacial score (nSPS) is 15.5. The summed E-state index contributed by atoms with van der Waals surface area (Å²) in [6, 6.07) is 9.09. The minimum Gasteiger partial charge on any atom is -0.467 e. The molecule has 0 bridgehead atoms. The molecule has 2 heterocycles. The van der Waals surface area contributed by atoms with Crippen LogP contribution < -0.4 is 0 Å². The van der Waals surface area contributed by atoms with E-state index >= 15 is 0 Å². The topological polar surface area (TPSA) is 116 Å². The number of ether oxygens (including phenoxy) is 2. The first kappa shape index (κ1) is 19.5. The summed E-state index contributed by atoms with van der Waals surface area (Å²) in [4.78, 5) is 48.2. The number of carbonyl (C=O) groups is 3. The SMILES string of the molecule is COC(=O)[C@@H]1Cc2ccccc2CN1C(=O)COC(=O)c1ccc([N+](=O)[O-])s1. The Morgan fingerprint density at radius 2 is 1.93 bits per heavy atom. The van der Waals surface area contributed by atoms with E-state index < -0.39 is 35.4 Å². The Hall–Kier alpha value is -3.27. The van der Waals surface area contributed by atoms with Gasteiger partial charge in [-0.1, -0.05) is 35.6 Å². The Kier molecular flexibility index (Phi) is 5.69. The fraction of sp³-hybridized carbons (Fsp3) is 0.278. The highest BCUT2D eigenvalue weighted by Crippen LogP contribution is 2.26. The van der Waals surface area contributed by atoms with Crippen molar-refractivity contribution in [2.45, 2.75) is 19.0 Å². The van der Waals surface area contributed by atoms with Crippen molar-refractivity contribution in [3.8, 4) is 0 Å². The van der Waals surface area contributed by atoms with Gasteiger partial charge in [0.25, 0.3) is 5.91 Å². The Morgan fingerprint density at radius 1 is 1.21 bits per heavy atom. The molecule has 0 spiro atoms. The lowest BCUT2D eigenvalue weighted by molar-refractivity contribution is -0.380. The van der Waals surface area contributed by atoms with Crippen LogP contribution in [0.5, 0.6) is 0 Å². The van der Waals surface area contributed by atoms with Crippen molar-refractivity contribution in [3.63, 3.8) is 0 Å². The Bertz CT molecular complexity index is 940. The molecule has 0 saturated carbocycles. The van der Waals surface area contributed by atoms with Gasteiger partial charge in [0.05, 0.1) is 12.0 Å². The van der Waals surface area contributed by atoms with Gasteiger partial charge in [0, 0.05) is 19.0 Å². The molecule has 0 saturated heterocycles.